The summed E-state index contributed by atoms with van der Waals surface area (Å²) >= 11 is 0. The van der Waals surface area contributed by atoms with E-state index in [4.69, 9.17) is 0 Å². The Kier molecular flexibility index (Phi) is 3.05. The normalized spacial score (nSPS) is 11.3. The summed E-state index contributed by atoms with van der Waals surface area (Å²) in [7, 11) is 1.92. The summed E-state index contributed by atoms with van der Waals surface area (Å²) in [6.07, 6.45) is 7.99. The van der Waals surface area contributed by atoms with E-state index in [0.29, 0.717) is 0 Å². The molecule has 0 radical (unpaired) electrons. The van der Waals surface area contributed by atoms with Crippen LogP contribution in [0.2, 0.25) is 0 Å². The van der Waals surface area contributed by atoms with E-state index in [9.17, 15) is 0 Å². The fraction of sp³-hybridized carbons (Fsp3) is 0.286. The van der Waals surface area contributed by atoms with Gasteiger partial charge in [-0.25, -0.2) is 4.98 Å². The molecule has 19 heavy (non-hydrogen) atoms. The topological polar surface area (TPSA) is 47.1 Å². The first-order chi connectivity index (χ1) is 9.22. The van der Waals surface area contributed by atoms with Gasteiger partial charge in [-0.15, -0.1) is 0 Å². The molecule has 98 valence electrons. The predicted octanol–water partition coefficient (Wildman–Crippen LogP) is 1.67. The summed E-state index contributed by atoms with van der Waals surface area (Å²) in [6.45, 7) is 3.64. The summed E-state index contributed by atoms with van der Waals surface area (Å²) in [5.41, 5.74) is 4.46. The maximum absolute atomic E-state index is 4.63. The fourth-order valence-corrected chi connectivity index (χ4v) is 2.19. The van der Waals surface area contributed by atoms with Crippen LogP contribution in [0.4, 0.5) is 0 Å². The third kappa shape index (κ3) is 2.51. The van der Waals surface area contributed by atoms with E-state index in [2.05, 4.69) is 39.0 Å². The second-order valence-electron chi connectivity index (χ2n) is 4.78. The van der Waals surface area contributed by atoms with Crippen LogP contribution in [0.3, 0.4) is 0 Å². The van der Waals surface area contributed by atoms with Crippen LogP contribution in [0.15, 0.2) is 36.9 Å². The van der Waals surface area contributed by atoms with Gasteiger partial charge in [0.15, 0.2) is 0 Å². The highest BCUT2D eigenvalue weighted by molar-refractivity contribution is 5.47. The lowest BCUT2D eigenvalue weighted by molar-refractivity contribution is 0.681. The van der Waals surface area contributed by atoms with Gasteiger partial charge in [0.2, 0.25) is 0 Å². The van der Waals surface area contributed by atoms with E-state index in [0.717, 1.165) is 24.4 Å². The molecular formula is C14H17N5. The van der Waals surface area contributed by atoms with E-state index in [1.165, 1.54) is 11.1 Å². The van der Waals surface area contributed by atoms with Gasteiger partial charge >= 0.3 is 0 Å². The van der Waals surface area contributed by atoms with Gasteiger partial charge in [-0.1, -0.05) is 6.07 Å². The van der Waals surface area contributed by atoms with Gasteiger partial charge in [-0.2, -0.15) is 5.10 Å². The molecule has 0 aliphatic heterocycles. The van der Waals surface area contributed by atoms with Crippen LogP contribution in [0, 0.1) is 6.92 Å². The number of pyridine rings is 1. The molecule has 0 aromatic carbocycles. The first kappa shape index (κ1) is 11.9. The summed E-state index contributed by atoms with van der Waals surface area (Å²) < 4.78 is 3.88. The Bertz CT molecular complexity index is 695. The van der Waals surface area contributed by atoms with E-state index in [1.54, 1.807) is 0 Å². The van der Waals surface area contributed by atoms with Crippen LogP contribution < -0.4 is 5.32 Å². The zero-order valence-electron chi connectivity index (χ0n) is 11.2. The first-order valence-electron chi connectivity index (χ1n) is 6.34. The molecule has 0 aliphatic rings. The molecule has 0 unspecified atom stereocenters. The van der Waals surface area contributed by atoms with Crippen LogP contribution in [-0.4, -0.2) is 19.2 Å². The number of aromatic nitrogens is 4. The SMILES string of the molecule is Cc1cccn2cc(CNCc3cnn(C)c3)nc12. The Morgan fingerprint density at radius 2 is 2.16 bits per heavy atom. The summed E-state index contributed by atoms with van der Waals surface area (Å²) in [6, 6.07) is 4.12. The molecule has 0 saturated heterocycles. The zero-order chi connectivity index (χ0) is 13.2. The van der Waals surface area contributed by atoms with Crippen LogP contribution in [-0.2, 0) is 20.1 Å². The average Bonchev–Trinajstić information content (AvgIpc) is 2.97. The highest BCUT2D eigenvalue weighted by Crippen LogP contribution is 2.09. The predicted molar refractivity (Wildman–Crippen MR) is 73.7 cm³/mol. The van der Waals surface area contributed by atoms with Crippen molar-refractivity contribution in [2.45, 2.75) is 20.0 Å². The quantitative estimate of drug-likeness (QED) is 0.771. The van der Waals surface area contributed by atoms with Gasteiger partial charge in [0.05, 0.1) is 11.9 Å². The lowest BCUT2D eigenvalue weighted by Crippen LogP contribution is -2.12. The molecule has 0 bridgehead atoms. The lowest BCUT2D eigenvalue weighted by atomic mass is 10.3. The highest BCUT2D eigenvalue weighted by Gasteiger charge is 2.03. The Balaban J connectivity index is 1.67. The molecule has 5 heteroatoms. The van der Waals surface area contributed by atoms with E-state index in [-0.39, 0.29) is 0 Å². The number of nitrogens with zero attached hydrogens (tertiary/aromatic N) is 4. The van der Waals surface area contributed by atoms with Crippen molar-refractivity contribution in [3.05, 3.63) is 53.7 Å². The van der Waals surface area contributed by atoms with Crippen LogP contribution >= 0.6 is 0 Å². The molecule has 3 aromatic rings. The lowest BCUT2D eigenvalue weighted by Gasteiger charge is -1.98. The van der Waals surface area contributed by atoms with Crippen molar-refractivity contribution < 1.29 is 0 Å². The number of imidazole rings is 1. The minimum absolute atomic E-state index is 0.760. The van der Waals surface area contributed by atoms with E-state index >= 15 is 0 Å². The van der Waals surface area contributed by atoms with Gasteiger partial charge in [0.25, 0.3) is 0 Å². The Hall–Kier alpha value is -2.14. The Morgan fingerprint density at radius 1 is 1.26 bits per heavy atom. The molecule has 0 spiro atoms. The minimum atomic E-state index is 0.760. The van der Waals surface area contributed by atoms with Gasteiger partial charge in [0, 0.05) is 44.3 Å². The van der Waals surface area contributed by atoms with Crippen molar-refractivity contribution in [2.24, 2.45) is 7.05 Å². The van der Waals surface area contributed by atoms with E-state index in [1.807, 2.05) is 36.4 Å². The van der Waals surface area contributed by atoms with Crippen molar-refractivity contribution >= 4 is 5.65 Å². The molecule has 0 amide bonds. The molecule has 5 nitrogen and oxygen atoms in total. The molecule has 0 fully saturated rings. The third-order valence-corrected chi connectivity index (χ3v) is 3.12. The van der Waals surface area contributed by atoms with Crippen molar-refractivity contribution in [2.75, 3.05) is 0 Å². The molecule has 0 aliphatic carbocycles. The molecular weight excluding hydrogens is 238 g/mol. The molecule has 3 rings (SSSR count). The van der Waals surface area contributed by atoms with Crippen LogP contribution in [0.1, 0.15) is 16.8 Å². The Labute approximate surface area is 111 Å². The smallest absolute Gasteiger partial charge is 0.139 e. The zero-order valence-corrected chi connectivity index (χ0v) is 11.2. The second kappa shape index (κ2) is 4.85. The maximum Gasteiger partial charge on any atom is 0.139 e. The summed E-state index contributed by atoms with van der Waals surface area (Å²) in [5, 5.41) is 7.53. The van der Waals surface area contributed by atoms with Gasteiger partial charge in [-0.3, -0.25) is 4.68 Å². The largest absolute Gasteiger partial charge is 0.307 e. The number of hydrogen-bond donors (Lipinski definition) is 1. The monoisotopic (exact) mass is 255 g/mol. The average molecular weight is 255 g/mol. The molecule has 1 N–H and O–H groups in total. The number of hydrogen-bond acceptors (Lipinski definition) is 3. The number of fused-ring (bicyclic) bond motifs is 1. The second-order valence-corrected chi connectivity index (χ2v) is 4.78. The van der Waals surface area contributed by atoms with Crippen molar-refractivity contribution in [1.29, 1.82) is 0 Å². The number of nitrogens with one attached hydrogen (secondary N) is 1. The molecule has 3 heterocycles. The molecule has 0 saturated carbocycles. The van der Waals surface area contributed by atoms with Crippen LogP contribution in [0.5, 0.6) is 0 Å². The molecule has 3 aromatic heterocycles. The van der Waals surface area contributed by atoms with Gasteiger partial charge in [-0.05, 0) is 18.6 Å². The Morgan fingerprint density at radius 3 is 2.89 bits per heavy atom. The van der Waals surface area contributed by atoms with Crippen molar-refractivity contribution in [3.8, 4) is 0 Å². The van der Waals surface area contributed by atoms with Gasteiger partial charge in [0.1, 0.15) is 5.65 Å². The number of aryl methyl sites for hydroxylation is 2. The number of rotatable bonds is 4. The van der Waals surface area contributed by atoms with Crippen molar-refractivity contribution in [3.63, 3.8) is 0 Å². The fourth-order valence-electron chi connectivity index (χ4n) is 2.19. The van der Waals surface area contributed by atoms with Crippen LogP contribution in [0.25, 0.3) is 5.65 Å². The van der Waals surface area contributed by atoms with Gasteiger partial charge < -0.3 is 9.72 Å². The maximum atomic E-state index is 4.63. The summed E-state index contributed by atoms with van der Waals surface area (Å²) in [5.74, 6) is 0. The standard InChI is InChI=1S/C14H17N5/c1-11-4-3-5-19-10-13(17-14(11)19)8-15-6-12-7-16-18(2)9-12/h3-5,7,9-10,15H,6,8H2,1-2H3. The first-order valence-corrected chi connectivity index (χ1v) is 6.34. The summed E-state index contributed by atoms with van der Waals surface area (Å²) in [4.78, 5) is 4.63. The van der Waals surface area contributed by atoms with Crippen molar-refractivity contribution in [1.82, 2.24) is 24.5 Å². The third-order valence-electron chi connectivity index (χ3n) is 3.12. The van der Waals surface area contributed by atoms with E-state index < -0.39 is 0 Å². The molecule has 0 atom stereocenters. The highest BCUT2D eigenvalue weighted by atomic mass is 15.2. The minimum Gasteiger partial charge on any atom is -0.307 e.